The van der Waals surface area contributed by atoms with Crippen LogP contribution in [-0.2, 0) is 4.74 Å². The molecule has 0 N–H and O–H groups in total. The van der Waals surface area contributed by atoms with E-state index in [9.17, 15) is 4.79 Å². The van der Waals surface area contributed by atoms with Gasteiger partial charge in [-0.3, -0.25) is 4.90 Å². The number of carbonyl (C=O) groups is 1. The van der Waals surface area contributed by atoms with E-state index in [4.69, 9.17) is 16.3 Å². The molecule has 1 atom stereocenters. The number of rotatable bonds is 1. The van der Waals surface area contributed by atoms with E-state index < -0.39 is 6.09 Å². The van der Waals surface area contributed by atoms with Crippen LogP contribution in [-0.4, -0.2) is 28.7 Å². The second-order valence-corrected chi connectivity index (χ2v) is 3.32. The summed E-state index contributed by atoms with van der Waals surface area (Å²) < 4.78 is 4.86. The van der Waals surface area contributed by atoms with Crippen LogP contribution in [0.25, 0.3) is 0 Å². The molecule has 1 aliphatic heterocycles. The van der Waals surface area contributed by atoms with Crippen molar-refractivity contribution in [2.45, 2.75) is 13.0 Å². The van der Waals surface area contributed by atoms with Crippen molar-refractivity contribution in [3.8, 4) is 0 Å². The lowest BCUT2D eigenvalue weighted by Crippen LogP contribution is -2.31. The molecular weight excluding hydrogens is 206 g/mol. The third-order valence-corrected chi connectivity index (χ3v) is 2.13. The number of ether oxygens (including phenoxy) is 1. The van der Waals surface area contributed by atoms with Crippen LogP contribution < -0.4 is 4.90 Å². The van der Waals surface area contributed by atoms with Gasteiger partial charge in [-0.2, -0.15) is 0 Å². The fourth-order valence-electron chi connectivity index (χ4n) is 1.30. The molecule has 1 aromatic rings. The average molecular weight is 214 g/mol. The van der Waals surface area contributed by atoms with Crippen LogP contribution in [0.3, 0.4) is 0 Å². The Labute approximate surface area is 85.7 Å². The summed E-state index contributed by atoms with van der Waals surface area (Å²) in [7, 11) is 0. The molecule has 2 rings (SSSR count). The molecule has 0 spiro atoms. The molecule has 1 aliphatic rings. The highest BCUT2D eigenvalue weighted by Crippen LogP contribution is 2.20. The van der Waals surface area contributed by atoms with Crippen LogP contribution in [0.1, 0.15) is 6.92 Å². The molecule has 0 unspecified atom stereocenters. The number of nitrogens with zero attached hydrogens (tertiary/aromatic N) is 3. The molecule has 5 nitrogen and oxygen atoms in total. The van der Waals surface area contributed by atoms with E-state index in [0.29, 0.717) is 12.4 Å². The highest BCUT2D eigenvalue weighted by atomic mass is 35.5. The SMILES string of the molecule is C[C@H]1COC(=O)N1c1ccnc(Cl)n1. The number of cyclic esters (lactones) is 1. The van der Waals surface area contributed by atoms with Crippen LogP contribution in [0, 0.1) is 0 Å². The van der Waals surface area contributed by atoms with Gasteiger partial charge in [-0.25, -0.2) is 14.8 Å². The molecule has 0 bridgehead atoms. The first-order valence-electron chi connectivity index (χ1n) is 4.13. The topological polar surface area (TPSA) is 55.3 Å². The zero-order valence-corrected chi connectivity index (χ0v) is 8.23. The zero-order valence-electron chi connectivity index (χ0n) is 7.48. The molecule has 1 amide bonds. The van der Waals surface area contributed by atoms with Crippen molar-refractivity contribution in [2.75, 3.05) is 11.5 Å². The van der Waals surface area contributed by atoms with Crippen molar-refractivity contribution < 1.29 is 9.53 Å². The van der Waals surface area contributed by atoms with Gasteiger partial charge in [0.05, 0.1) is 6.04 Å². The summed E-state index contributed by atoms with van der Waals surface area (Å²) >= 11 is 5.62. The van der Waals surface area contributed by atoms with Crippen molar-refractivity contribution in [2.24, 2.45) is 0 Å². The second kappa shape index (κ2) is 3.42. The van der Waals surface area contributed by atoms with Gasteiger partial charge in [0.2, 0.25) is 5.28 Å². The Morgan fingerprint density at radius 1 is 1.71 bits per heavy atom. The maximum atomic E-state index is 11.3. The van der Waals surface area contributed by atoms with E-state index in [1.165, 1.54) is 11.1 Å². The Hall–Kier alpha value is -1.36. The van der Waals surface area contributed by atoms with Crippen LogP contribution in [0.2, 0.25) is 5.28 Å². The fourth-order valence-corrected chi connectivity index (χ4v) is 1.44. The molecular formula is C8H8ClN3O2. The number of hydrogen-bond donors (Lipinski definition) is 0. The van der Waals surface area contributed by atoms with Gasteiger partial charge in [0.25, 0.3) is 0 Å². The van der Waals surface area contributed by atoms with Crippen molar-refractivity contribution >= 4 is 23.5 Å². The Morgan fingerprint density at radius 3 is 3.07 bits per heavy atom. The Kier molecular flexibility index (Phi) is 2.25. The third kappa shape index (κ3) is 1.50. The summed E-state index contributed by atoms with van der Waals surface area (Å²) in [6, 6.07) is 1.60. The van der Waals surface area contributed by atoms with E-state index in [1.54, 1.807) is 6.07 Å². The Balaban J connectivity index is 2.34. The molecule has 1 saturated heterocycles. The minimum Gasteiger partial charge on any atom is -0.447 e. The van der Waals surface area contributed by atoms with Crippen molar-refractivity contribution in [3.63, 3.8) is 0 Å². The van der Waals surface area contributed by atoms with Crippen LogP contribution >= 0.6 is 11.6 Å². The fraction of sp³-hybridized carbons (Fsp3) is 0.375. The largest absolute Gasteiger partial charge is 0.447 e. The highest BCUT2D eigenvalue weighted by molar-refractivity contribution is 6.28. The minimum absolute atomic E-state index is 0.0199. The summed E-state index contributed by atoms with van der Waals surface area (Å²) in [5, 5.41) is 0.120. The van der Waals surface area contributed by atoms with Gasteiger partial charge in [0.1, 0.15) is 12.4 Å². The first-order chi connectivity index (χ1) is 6.68. The first-order valence-corrected chi connectivity index (χ1v) is 4.51. The number of anilines is 1. The first kappa shape index (κ1) is 9.21. The summed E-state index contributed by atoms with van der Waals surface area (Å²) in [5.41, 5.74) is 0. The molecule has 1 aromatic heterocycles. The van der Waals surface area contributed by atoms with Crippen LogP contribution in [0.15, 0.2) is 12.3 Å². The van der Waals surface area contributed by atoms with E-state index in [1.807, 2.05) is 6.92 Å². The van der Waals surface area contributed by atoms with Gasteiger partial charge in [-0.15, -0.1) is 0 Å². The third-order valence-electron chi connectivity index (χ3n) is 1.94. The monoisotopic (exact) mass is 213 g/mol. The van der Waals surface area contributed by atoms with Crippen molar-refractivity contribution in [1.82, 2.24) is 9.97 Å². The molecule has 14 heavy (non-hydrogen) atoms. The molecule has 2 heterocycles. The average Bonchev–Trinajstić information content (AvgIpc) is 2.46. The number of aromatic nitrogens is 2. The number of hydrogen-bond acceptors (Lipinski definition) is 4. The smallest absolute Gasteiger partial charge is 0.415 e. The second-order valence-electron chi connectivity index (χ2n) is 2.98. The highest BCUT2D eigenvalue weighted by Gasteiger charge is 2.31. The van der Waals surface area contributed by atoms with Gasteiger partial charge in [0.15, 0.2) is 0 Å². The molecule has 0 aromatic carbocycles. The lowest BCUT2D eigenvalue weighted by Gasteiger charge is -2.15. The predicted molar refractivity (Wildman–Crippen MR) is 50.3 cm³/mol. The van der Waals surface area contributed by atoms with E-state index in [2.05, 4.69) is 9.97 Å². The summed E-state index contributed by atoms with van der Waals surface area (Å²) in [6.07, 6.45) is 1.11. The maximum Gasteiger partial charge on any atom is 0.415 e. The van der Waals surface area contributed by atoms with Crippen molar-refractivity contribution in [1.29, 1.82) is 0 Å². The molecule has 0 aliphatic carbocycles. The molecule has 0 radical (unpaired) electrons. The molecule has 0 saturated carbocycles. The van der Waals surface area contributed by atoms with Crippen molar-refractivity contribution in [3.05, 3.63) is 17.5 Å². The van der Waals surface area contributed by atoms with E-state index in [0.717, 1.165) is 0 Å². The predicted octanol–water partition coefficient (Wildman–Crippen LogP) is 1.48. The van der Waals surface area contributed by atoms with Gasteiger partial charge in [0, 0.05) is 6.20 Å². The van der Waals surface area contributed by atoms with Gasteiger partial charge in [-0.1, -0.05) is 0 Å². The van der Waals surface area contributed by atoms with Gasteiger partial charge < -0.3 is 4.74 Å². The minimum atomic E-state index is -0.396. The maximum absolute atomic E-state index is 11.3. The normalized spacial score (nSPS) is 21.1. The number of carbonyl (C=O) groups excluding carboxylic acids is 1. The van der Waals surface area contributed by atoms with Crippen LogP contribution in [0.5, 0.6) is 0 Å². The van der Waals surface area contributed by atoms with E-state index in [-0.39, 0.29) is 11.3 Å². The Morgan fingerprint density at radius 2 is 2.50 bits per heavy atom. The summed E-state index contributed by atoms with van der Waals surface area (Å²) in [4.78, 5) is 20.4. The lowest BCUT2D eigenvalue weighted by atomic mass is 10.3. The molecule has 74 valence electrons. The number of halogens is 1. The quantitative estimate of drug-likeness (QED) is 0.663. The lowest BCUT2D eigenvalue weighted by molar-refractivity contribution is 0.179. The standard InChI is InChI=1S/C8H8ClN3O2/c1-5-4-14-8(13)12(5)6-2-3-10-7(9)11-6/h2-3,5H,4H2,1H3/t5-/m0/s1. The summed E-state index contributed by atoms with van der Waals surface area (Å²) in [5.74, 6) is 0.472. The van der Waals surface area contributed by atoms with Gasteiger partial charge in [-0.05, 0) is 24.6 Å². The van der Waals surface area contributed by atoms with Gasteiger partial charge >= 0.3 is 6.09 Å². The zero-order chi connectivity index (χ0) is 10.1. The molecule has 6 heteroatoms. The van der Waals surface area contributed by atoms with Crippen LogP contribution in [0.4, 0.5) is 10.6 Å². The number of amides is 1. The molecule has 1 fully saturated rings. The van der Waals surface area contributed by atoms with E-state index >= 15 is 0 Å². The summed E-state index contributed by atoms with van der Waals surface area (Å²) in [6.45, 7) is 2.25. The Bertz CT molecular complexity index is 371.